The molecule has 0 aliphatic heterocycles. The predicted octanol–water partition coefficient (Wildman–Crippen LogP) is 0.119. The van der Waals surface area contributed by atoms with Crippen LogP contribution in [0.3, 0.4) is 0 Å². The summed E-state index contributed by atoms with van der Waals surface area (Å²) in [5.41, 5.74) is 0. The quantitative estimate of drug-likeness (QED) is 0.721. The monoisotopic (exact) mass is 255 g/mol. The Balaban J connectivity index is 2.38. The average molecular weight is 255 g/mol. The molecule has 0 unspecified atom stereocenters. The Morgan fingerprint density at radius 2 is 2.28 bits per heavy atom. The minimum Gasteiger partial charge on any atom is -0.479 e. The van der Waals surface area contributed by atoms with Crippen molar-refractivity contribution in [1.29, 1.82) is 0 Å². The Hall–Kier alpha value is -2.05. The van der Waals surface area contributed by atoms with Gasteiger partial charge in [0.2, 0.25) is 5.91 Å². The first-order chi connectivity index (χ1) is 8.47. The van der Waals surface area contributed by atoms with Gasteiger partial charge in [-0.1, -0.05) is 13.8 Å². The van der Waals surface area contributed by atoms with Gasteiger partial charge in [-0.15, -0.1) is 0 Å². The Morgan fingerprint density at radius 3 is 2.89 bits per heavy atom. The first-order valence-electron chi connectivity index (χ1n) is 5.61. The van der Waals surface area contributed by atoms with Crippen LogP contribution in [0.25, 0.3) is 0 Å². The van der Waals surface area contributed by atoms with Gasteiger partial charge < -0.3 is 15.2 Å². The molecule has 0 atom stereocenters. The molecular weight excluding hydrogens is 238 g/mol. The topological polar surface area (TPSA) is 93.5 Å². The molecule has 0 aromatic carbocycles. The fraction of sp³-hybridized carbons (Fsp3) is 0.545. The van der Waals surface area contributed by atoms with Crippen molar-refractivity contribution in [2.75, 3.05) is 13.2 Å². The number of aliphatic carboxylic acids is 1. The van der Waals surface area contributed by atoms with Gasteiger partial charge in [0.05, 0.1) is 12.4 Å². The molecule has 7 heteroatoms. The van der Waals surface area contributed by atoms with Gasteiger partial charge in [-0.3, -0.25) is 9.48 Å². The van der Waals surface area contributed by atoms with Crippen LogP contribution in [-0.2, 0) is 16.1 Å². The maximum Gasteiger partial charge on any atom is 0.341 e. The summed E-state index contributed by atoms with van der Waals surface area (Å²) in [6, 6.07) is 0. The molecule has 0 saturated heterocycles. The van der Waals surface area contributed by atoms with Crippen LogP contribution < -0.4 is 10.1 Å². The number of carbonyl (C=O) groups excluding carboxylic acids is 1. The van der Waals surface area contributed by atoms with Crippen LogP contribution in [0.1, 0.15) is 13.8 Å². The van der Waals surface area contributed by atoms with Crippen LogP contribution in [0.2, 0.25) is 0 Å². The van der Waals surface area contributed by atoms with E-state index in [-0.39, 0.29) is 12.5 Å². The zero-order chi connectivity index (χ0) is 13.5. The third kappa shape index (κ3) is 5.33. The Bertz CT molecular complexity index is 414. The van der Waals surface area contributed by atoms with Gasteiger partial charge in [-0.25, -0.2) is 4.79 Å². The second kappa shape index (κ2) is 6.63. The van der Waals surface area contributed by atoms with Crippen molar-refractivity contribution in [1.82, 2.24) is 15.1 Å². The van der Waals surface area contributed by atoms with Crippen LogP contribution in [0.4, 0.5) is 0 Å². The lowest BCUT2D eigenvalue weighted by Gasteiger charge is -2.07. The van der Waals surface area contributed by atoms with Crippen LogP contribution in [0, 0.1) is 5.92 Å². The molecule has 0 radical (unpaired) electrons. The number of nitrogens with one attached hydrogen (secondary N) is 1. The van der Waals surface area contributed by atoms with E-state index in [0.29, 0.717) is 18.2 Å². The van der Waals surface area contributed by atoms with E-state index in [2.05, 4.69) is 10.4 Å². The summed E-state index contributed by atoms with van der Waals surface area (Å²) >= 11 is 0. The van der Waals surface area contributed by atoms with Gasteiger partial charge in [-0.2, -0.15) is 5.10 Å². The molecule has 1 heterocycles. The summed E-state index contributed by atoms with van der Waals surface area (Å²) in [5.74, 6) is -0.482. The number of carboxylic acid groups (broad SMARTS) is 1. The molecule has 0 spiro atoms. The summed E-state index contributed by atoms with van der Waals surface area (Å²) < 4.78 is 6.31. The summed E-state index contributed by atoms with van der Waals surface area (Å²) in [6.45, 7) is 4.29. The van der Waals surface area contributed by atoms with Gasteiger partial charge in [0.25, 0.3) is 0 Å². The molecule has 1 rings (SSSR count). The molecule has 7 nitrogen and oxygen atoms in total. The standard InChI is InChI=1S/C11H17N3O4/c1-8(2)3-12-10(15)6-14-5-9(4-13-14)18-7-11(16)17/h4-5,8H,3,6-7H2,1-2H3,(H,12,15)(H,16,17). The Labute approximate surface area is 105 Å². The Kier molecular flexibility index (Phi) is 5.16. The molecule has 0 aliphatic rings. The highest BCUT2D eigenvalue weighted by atomic mass is 16.5. The normalized spacial score (nSPS) is 10.4. The zero-order valence-corrected chi connectivity index (χ0v) is 10.4. The lowest BCUT2D eigenvalue weighted by atomic mass is 10.2. The van der Waals surface area contributed by atoms with Crippen molar-refractivity contribution < 1.29 is 19.4 Å². The lowest BCUT2D eigenvalue weighted by Crippen LogP contribution is -2.30. The van der Waals surface area contributed by atoms with Crippen molar-refractivity contribution in [3.63, 3.8) is 0 Å². The fourth-order valence-electron chi connectivity index (χ4n) is 1.17. The van der Waals surface area contributed by atoms with E-state index >= 15 is 0 Å². The van der Waals surface area contributed by atoms with E-state index < -0.39 is 12.6 Å². The summed E-state index contributed by atoms with van der Waals surface area (Å²) in [4.78, 5) is 21.8. The molecule has 1 amide bonds. The zero-order valence-electron chi connectivity index (χ0n) is 10.4. The number of hydrogen-bond donors (Lipinski definition) is 2. The number of carboxylic acids is 1. The molecule has 18 heavy (non-hydrogen) atoms. The smallest absolute Gasteiger partial charge is 0.341 e. The van der Waals surface area contributed by atoms with Gasteiger partial charge in [0.1, 0.15) is 6.54 Å². The largest absolute Gasteiger partial charge is 0.479 e. The van der Waals surface area contributed by atoms with E-state index in [0.717, 1.165) is 0 Å². The Morgan fingerprint density at radius 1 is 1.56 bits per heavy atom. The van der Waals surface area contributed by atoms with E-state index in [9.17, 15) is 9.59 Å². The van der Waals surface area contributed by atoms with E-state index in [1.54, 1.807) is 0 Å². The molecule has 1 aromatic rings. The minimum absolute atomic E-state index is 0.0865. The van der Waals surface area contributed by atoms with Gasteiger partial charge in [0.15, 0.2) is 12.4 Å². The molecule has 0 fully saturated rings. The summed E-state index contributed by atoms with van der Waals surface area (Å²) in [6.07, 6.45) is 2.86. The maximum atomic E-state index is 11.5. The van der Waals surface area contributed by atoms with Crippen LogP contribution in [0.5, 0.6) is 5.75 Å². The number of hydrogen-bond acceptors (Lipinski definition) is 4. The number of rotatable bonds is 7. The van der Waals surface area contributed by atoms with Gasteiger partial charge in [0, 0.05) is 6.54 Å². The number of nitrogens with zero attached hydrogens (tertiary/aromatic N) is 2. The molecule has 2 N–H and O–H groups in total. The second-order valence-electron chi connectivity index (χ2n) is 4.25. The van der Waals surface area contributed by atoms with Crippen molar-refractivity contribution in [3.05, 3.63) is 12.4 Å². The highest BCUT2D eigenvalue weighted by molar-refractivity contribution is 5.75. The van der Waals surface area contributed by atoms with E-state index in [1.165, 1.54) is 17.1 Å². The summed E-state index contributed by atoms with van der Waals surface area (Å²) in [5, 5.41) is 15.1. The maximum absolute atomic E-state index is 11.5. The number of amides is 1. The average Bonchev–Trinajstić information content (AvgIpc) is 2.71. The predicted molar refractivity (Wildman–Crippen MR) is 63.2 cm³/mol. The number of ether oxygens (including phenoxy) is 1. The highest BCUT2D eigenvalue weighted by Crippen LogP contribution is 2.07. The van der Waals surface area contributed by atoms with Crippen LogP contribution >= 0.6 is 0 Å². The van der Waals surface area contributed by atoms with Crippen molar-refractivity contribution in [2.24, 2.45) is 5.92 Å². The number of aromatic nitrogens is 2. The molecule has 0 aliphatic carbocycles. The fourth-order valence-corrected chi connectivity index (χ4v) is 1.17. The minimum atomic E-state index is -1.06. The third-order valence-corrected chi connectivity index (χ3v) is 1.98. The first kappa shape index (κ1) is 14.0. The first-order valence-corrected chi connectivity index (χ1v) is 5.61. The highest BCUT2D eigenvalue weighted by Gasteiger charge is 2.06. The molecule has 0 bridgehead atoms. The third-order valence-electron chi connectivity index (χ3n) is 1.98. The SMILES string of the molecule is CC(C)CNC(=O)Cn1cc(OCC(=O)O)cn1. The van der Waals surface area contributed by atoms with Crippen molar-refractivity contribution in [2.45, 2.75) is 20.4 Å². The molecule has 1 aromatic heterocycles. The molecular formula is C11H17N3O4. The second-order valence-corrected chi connectivity index (χ2v) is 4.25. The molecule has 0 saturated carbocycles. The van der Waals surface area contributed by atoms with E-state index in [4.69, 9.17) is 9.84 Å². The van der Waals surface area contributed by atoms with Crippen LogP contribution in [-0.4, -0.2) is 39.9 Å². The van der Waals surface area contributed by atoms with Crippen LogP contribution in [0.15, 0.2) is 12.4 Å². The van der Waals surface area contributed by atoms with Crippen molar-refractivity contribution >= 4 is 11.9 Å². The number of carbonyl (C=O) groups is 2. The lowest BCUT2D eigenvalue weighted by molar-refractivity contribution is -0.139. The van der Waals surface area contributed by atoms with Gasteiger partial charge >= 0.3 is 5.97 Å². The van der Waals surface area contributed by atoms with E-state index in [1.807, 2.05) is 13.8 Å². The molecule has 100 valence electrons. The summed E-state index contributed by atoms with van der Waals surface area (Å²) in [7, 11) is 0. The van der Waals surface area contributed by atoms with Crippen molar-refractivity contribution in [3.8, 4) is 5.75 Å². The van der Waals surface area contributed by atoms with Gasteiger partial charge in [-0.05, 0) is 5.92 Å².